The Hall–Kier alpha value is -0.0800. The number of rotatable bonds is 6. The van der Waals surface area contributed by atoms with Gasteiger partial charge in [-0.15, -0.1) is 0 Å². The first-order valence-electron chi connectivity index (χ1n) is 8.09. The van der Waals surface area contributed by atoms with Crippen LogP contribution in [0.4, 0.5) is 0 Å². The highest BCUT2D eigenvalue weighted by Crippen LogP contribution is 2.34. The van der Waals surface area contributed by atoms with Crippen LogP contribution in [0.3, 0.4) is 0 Å². The SMILES string of the molecule is CCC(CC)(CNC(C)(C)C)CN1CCC(C)(C)C1. The van der Waals surface area contributed by atoms with Crippen LogP contribution in [0.5, 0.6) is 0 Å². The minimum Gasteiger partial charge on any atom is -0.311 e. The Bertz CT molecular complexity index is 271. The van der Waals surface area contributed by atoms with Crippen molar-refractivity contribution in [1.29, 1.82) is 0 Å². The lowest BCUT2D eigenvalue weighted by Gasteiger charge is -2.38. The molecule has 1 fully saturated rings. The highest BCUT2D eigenvalue weighted by Gasteiger charge is 2.35. The van der Waals surface area contributed by atoms with Gasteiger partial charge in [-0.2, -0.15) is 0 Å². The van der Waals surface area contributed by atoms with Crippen molar-refractivity contribution in [3.8, 4) is 0 Å². The van der Waals surface area contributed by atoms with Gasteiger partial charge in [-0.3, -0.25) is 0 Å². The van der Waals surface area contributed by atoms with Crippen LogP contribution in [0, 0.1) is 10.8 Å². The summed E-state index contributed by atoms with van der Waals surface area (Å²) in [5, 5.41) is 3.73. The van der Waals surface area contributed by atoms with E-state index in [2.05, 4.69) is 58.7 Å². The Morgan fingerprint density at radius 3 is 2.05 bits per heavy atom. The van der Waals surface area contributed by atoms with Gasteiger partial charge < -0.3 is 10.2 Å². The summed E-state index contributed by atoms with van der Waals surface area (Å²) >= 11 is 0. The van der Waals surface area contributed by atoms with Gasteiger partial charge in [-0.05, 0) is 57.4 Å². The molecule has 2 heteroatoms. The molecule has 0 aromatic rings. The lowest BCUT2D eigenvalue weighted by Crippen LogP contribution is -2.48. The molecule has 1 aliphatic heterocycles. The van der Waals surface area contributed by atoms with Crippen molar-refractivity contribution in [2.24, 2.45) is 10.8 Å². The quantitative estimate of drug-likeness (QED) is 0.785. The molecule has 0 unspecified atom stereocenters. The van der Waals surface area contributed by atoms with Gasteiger partial charge in [-0.1, -0.05) is 27.7 Å². The van der Waals surface area contributed by atoms with Gasteiger partial charge in [0.15, 0.2) is 0 Å². The summed E-state index contributed by atoms with van der Waals surface area (Å²) in [5.74, 6) is 0. The monoisotopic (exact) mass is 268 g/mol. The fraction of sp³-hybridized carbons (Fsp3) is 1.00. The third-order valence-corrected chi connectivity index (χ3v) is 4.81. The topological polar surface area (TPSA) is 15.3 Å². The van der Waals surface area contributed by atoms with Crippen LogP contribution in [0.25, 0.3) is 0 Å². The molecule has 0 aromatic heterocycles. The van der Waals surface area contributed by atoms with Crippen LogP contribution in [0.2, 0.25) is 0 Å². The second-order valence-corrected chi connectivity index (χ2v) is 8.44. The van der Waals surface area contributed by atoms with Crippen LogP contribution in [0.15, 0.2) is 0 Å². The van der Waals surface area contributed by atoms with E-state index in [1.165, 1.54) is 38.9 Å². The van der Waals surface area contributed by atoms with Gasteiger partial charge >= 0.3 is 0 Å². The second-order valence-electron chi connectivity index (χ2n) is 8.44. The lowest BCUT2D eigenvalue weighted by atomic mass is 9.81. The molecule has 1 saturated heterocycles. The van der Waals surface area contributed by atoms with Crippen LogP contribution in [0.1, 0.15) is 67.7 Å². The average Bonchev–Trinajstić information content (AvgIpc) is 2.63. The predicted octanol–water partition coefficient (Wildman–Crippen LogP) is 3.91. The molecular weight excluding hydrogens is 232 g/mol. The number of nitrogens with one attached hydrogen (secondary N) is 1. The molecule has 1 rings (SSSR count). The molecule has 0 bridgehead atoms. The number of hydrogen-bond donors (Lipinski definition) is 1. The normalized spacial score (nSPS) is 21.0. The van der Waals surface area contributed by atoms with Crippen molar-refractivity contribution in [2.75, 3.05) is 26.2 Å². The van der Waals surface area contributed by atoms with E-state index in [1.807, 2.05) is 0 Å². The number of nitrogens with zero attached hydrogens (tertiary/aromatic N) is 1. The molecule has 1 heterocycles. The van der Waals surface area contributed by atoms with Crippen molar-refractivity contribution < 1.29 is 0 Å². The Kier molecular flexibility index (Phi) is 5.48. The molecular formula is C17H36N2. The fourth-order valence-electron chi connectivity index (χ4n) is 3.07. The van der Waals surface area contributed by atoms with Crippen LogP contribution < -0.4 is 5.32 Å². The summed E-state index contributed by atoms with van der Waals surface area (Å²) in [6.07, 6.45) is 3.89. The molecule has 1 N–H and O–H groups in total. The minimum absolute atomic E-state index is 0.222. The van der Waals surface area contributed by atoms with Crippen molar-refractivity contribution in [3.05, 3.63) is 0 Å². The molecule has 0 spiro atoms. The molecule has 0 amide bonds. The van der Waals surface area contributed by atoms with Gasteiger partial charge in [0.1, 0.15) is 0 Å². The van der Waals surface area contributed by atoms with Crippen LogP contribution in [-0.2, 0) is 0 Å². The highest BCUT2D eigenvalue weighted by molar-refractivity contribution is 4.90. The van der Waals surface area contributed by atoms with Crippen molar-refractivity contribution in [2.45, 2.75) is 73.3 Å². The van der Waals surface area contributed by atoms with E-state index < -0.39 is 0 Å². The molecule has 0 radical (unpaired) electrons. The van der Waals surface area contributed by atoms with E-state index in [1.54, 1.807) is 0 Å². The van der Waals surface area contributed by atoms with Crippen molar-refractivity contribution in [3.63, 3.8) is 0 Å². The average molecular weight is 268 g/mol. The third kappa shape index (κ3) is 5.43. The first-order chi connectivity index (χ1) is 8.61. The van der Waals surface area contributed by atoms with Gasteiger partial charge in [0.25, 0.3) is 0 Å². The lowest BCUT2D eigenvalue weighted by molar-refractivity contribution is 0.136. The molecule has 1 aliphatic rings. The van der Waals surface area contributed by atoms with Gasteiger partial charge in [0.2, 0.25) is 0 Å². The smallest absolute Gasteiger partial charge is 0.00967 e. The first kappa shape index (κ1) is 17.0. The molecule has 2 nitrogen and oxygen atoms in total. The standard InChI is InChI=1S/C17H36N2/c1-8-17(9-2,12-18-15(3,4)5)14-19-11-10-16(6,7)13-19/h18H,8-14H2,1-7H3. The largest absolute Gasteiger partial charge is 0.311 e. The Morgan fingerprint density at radius 1 is 1.11 bits per heavy atom. The van der Waals surface area contributed by atoms with E-state index in [0.717, 1.165) is 6.54 Å². The van der Waals surface area contributed by atoms with Gasteiger partial charge in [0, 0.05) is 25.2 Å². The molecule has 0 atom stereocenters. The van der Waals surface area contributed by atoms with Crippen LogP contribution >= 0.6 is 0 Å². The maximum absolute atomic E-state index is 3.73. The maximum Gasteiger partial charge on any atom is 0.00967 e. The van der Waals surface area contributed by atoms with E-state index in [9.17, 15) is 0 Å². The third-order valence-electron chi connectivity index (χ3n) is 4.81. The zero-order chi connectivity index (χ0) is 14.7. The van der Waals surface area contributed by atoms with E-state index in [-0.39, 0.29) is 5.54 Å². The summed E-state index contributed by atoms with van der Waals surface area (Å²) < 4.78 is 0. The summed E-state index contributed by atoms with van der Waals surface area (Å²) in [7, 11) is 0. The maximum atomic E-state index is 3.73. The summed E-state index contributed by atoms with van der Waals surface area (Å²) in [6, 6.07) is 0. The fourth-order valence-corrected chi connectivity index (χ4v) is 3.07. The number of likely N-dealkylation sites (tertiary alicyclic amines) is 1. The van der Waals surface area contributed by atoms with Gasteiger partial charge in [-0.25, -0.2) is 0 Å². The van der Waals surface area contributed by atoms with E-state index in [4.69, 9.17) is 0 Å². The molecule has 0 aliphatic carbocycles. The zero-order valence-electron chi connectivity index (χ0n) is 14.4. The molecule has 114 valence electrons. The molecule has 19 heavy (non-hydrogen) atoms. The summed E-state index contributed by atoms with van der Waals surface area (Å²) in [5.41, 5.74) is 1.18. The van der Waals surface area contributed by atoms with E-state index >= 15 is 0 Å². The van der Waals surface area contributed by atoms with E-state index in [0.29, 0.717) is 10.8 Å². The summed E-state index contributed by atoms with van der Waals surface area (Å²) in [6.45, 7) is 21.3. The molecule has 0 aromatic carbocycles. The van der Waals surface area contributed by atoms with Gasteiger partial charge in [0.05, 0.1) is 0 Å². The first-order valence-corrected chi connectivity index (χ1v) is 8.09. The second kappa shape index (κ2) is 6.13. The van der Waals surface area contributed by atoms with Crippen molar-refractivity contribution >= 4 is 0 Å². The Morgan fingerprint density at radius 2 is 1.68 bits per heavy atom. The minimum atomic E-state index is 0.222. The molecule has 0 saturated carbocycles. The Balaban J connectivity index is 2.61. The number of hydrogen-bond acceptors (Lipinski definition) is 2. The predicted molar refractivity (Wildman–Crippen MR) is 85.6 cm³/mol. The van der Waals surface area contributed by atoms with Crippen molar-refractivity contribution in [1.82, 2.24) is 10.2 Å². The zero-order valence-corrected chi connectivity index (χ0v) is 14.4. The summed E-state index contributed by atoms with van der Waals surface area (Å²) in [4.78, 5) is 2.69. The highest BCUT2D eigenvalue weighted by atomic mass is 15.2. The van der Waals surface area contributed by atoms with Crippen LogP contribution in [-0.4, -0.2) is 36.6 Å². The Labute approximate surface area is 121 Å².